The van der Waals surface area contributed by atoms with E-state index in [0.29, 0.717) is 19.8 Å². The molecule has 0 aliphatic heterocycles. The molecule has 2 rings (SSSR count). The molecule has 1 aliphatic carbocycles. The average molecular weight is 313 g/mol. The van der Waals surface area contributed by atoms with Crippen molar-refractivity contribution in [2.24, 2.45) is 11.1 Å². The van der Waals surface area contributed by atoms with Crippen molar-refractivity contribution in [2.75, 3.05) is 33.1 Å². The van der Waals surface area contributed by atoms with Gasteiger partial charge in [-0.05, 0) is 24.6 Å². The normalized spacial score (nSPS) is 28.4. The van der Waals surface area contributed by atoms with Crippen LogP contribution in [0.4, 0.5) is 0 Å². The van der Waals surface area contributed by atoms with Crippen molar-refractivity contribution >= 4 is 9.84 Å². The second kappa shape index (κ2) is 5.94. The Morgan fingerprint density at radius 3 is 2.33 bits per heavy atom. The van der Waals surface area contributed by atoms with Gasteiger partial charge < -0.3 is 15.2 Å². The summed E-state index contributed by atoms with van der Waals surface area (Å²) in [5.74, 6) is 0.633. The van der Waals surface area contributed by atoms with E-state index >= 15 is 0 Å². The molecule has 6 heteroatoms. The van der Waals surface area contributed by atoms with Crippen LogP contribution >= 0.6 is 0 Å². The zero-order valence-electron chi connectivity index (χ0n) is 12.7. The molecule has 1 aromatic rings. The molecule has 0 amide bonds. The summed E-state index contributed by atoms with van der Waals surface area (Å²) in [6, 6.07) is 7.50. The van der Waals surface area contributed by atoms with E-state index in [2.05, 4.69) is 0 Å². The van der Waals surface area contributed by atoms with Gasteiger partial charge in [-0.2, -0.15) is 0 Å². The minimum atomic E-state index is -3.18. The van der Waals surface area contributed by atoms with E-state index in [-0.39, 0.29) is 5.92 Å². The van der Waals surface area contributed by atoms with Crippen molar-refractivity contribution in [3.63, 3.8) is 0 Å². The van der Waals surface area contributed by atoms with Gasteiger partial charge in [0.2, 0.25) is 0 Å². The summed E-state index contributed by atoms with van der Waals surface area (Å²) in [6.45, 7) is 3.11. The number of ether oxygens (including phenoxy) is 2. The highest BCUT2D eigenvalue weighted by Gasteiger charge is 2.69. The van der Waals surface area contributed by atoms with Crippen molar-refractivity contribution in [3.8, 4) is 5.75 Å². The summed E-state index contributed by atoms with van der Waals surface area (Å²) >= 11 is 0. The molecule has 3 atom stereocenters. The molecule has 1 fully saturated rings. The number of methoxy groups -OCH3 is 1. The summed E-state index contributed by atoms with van der Waals surface area (Å²) in [5.41, 5.74) is 6.36. The highest BCUT2D eigenvalue weighted by atomic mass is 32.2. The molecule has 3 unspecified atom stereocenters. The Morgan fingerprint density at radius 1 is 1.29 bits per heavy atom. The second-order valence-corrected chi connectivity index (χ2v) is 7.74. The number of benzene rings is 1. The zero-order chi connectivity index (χ0) is 15.7. The monoisotopic (exact) mass is 313 g/mol. The fraction of sp³-hybridized carbons (Fsp3) is 0.600. The number of rotatable bonds is 7. The molecule has 1 aromatic carbocycles. The van der Waals surface area contributed by atoms with Gasteiger partial charge in [-0.25, -0.2) is 8.42 Å². The molecule has 1 aliphatic rings. The Morgan fingerprint density at radius 2 is 1.90 bits per heavy atom. The van der Waals surface area contributed by atoms with Gasteiger partial charge in [0.05, 0.1) is 19.0 Å². The highest BCUT2D eigenvalue weighted by molar-refractivity contribution is 7.91. The van der Waals surface area contributed by atoms with Gasteiger partial charge in [0.1, 0.15) is 5.75 Å². The van der Waals surface area contributed by atoms with Crippen molar-refractivity contribution in [1.29, 1.82) is 0 Å². The zero-order valence-corrected chi connectivity index (χ0v) is 13.5. The number of sulfone groups is 1. The van der Waals surface area contributed by atoms with Gasteiger partial charge >= 0.3 is 0 Å². The third-order valence-electron chi connectivity index (χ3n) is 4.27. The number of hydrogen-bond acceptors (Lipinski definition) is 5. The smallest absolute Gasteiger partial charge is 0.151 e. The Balaban J connectivity index is 2.34. The lowest BCUT2D eigenvalue weighted by Crippen LogP contribution is -2.28. The maximum Gasteiger partial charge on any atom is 0.151 e. The molecule has 21 heavy (non-hydrogen) atoms. The van der Waals surface area contributed by atoms with Crippen LogP contribution in [-0.4, -0.2) is 46.8 Å². The molecule has 0 heterocycles. The maximum atomic E-state index is 12.1. The third kappa shape index (κ3) is 2.93. The summed E-state index contributed by atoms with van der Waals surface area (Å²) in [6.07, 6.45) is 1.28. The lowest BCUT2D eigenvalue weighted by Gasteiger charge is -2.15. The minimum absolute atomic E-state index is 0.116. The van der Waals surface area contributed by atoms with Crippen molar-refractivity contribution in [1.82, 2.24) is 0 Å². The van der Waals surface area contributed by atoms with E-state index in [0.717, 1.165) is 11.3 Å². The van der Waals surface area contributed by atoms with Crippen molar-refractivity contribution in [2.45, 2.75) is 18.1 Å². The first-order valence-corrected chi connectivity index (χ1v) is 8.96. The van der Waals surface area contributed by atoms with Crippen LogP contribution in [-0.2, 0) is 14.6 Å². The molecular weight excluding hydrogens is 290 g/mol. The van der Waals surface area contributed by atoms with Crippen molar-refractivity contribution in [3.05, 3.63) is 29.8 Å². The van der Waals surface area contributed by atoms with Crippen LogP contribution in [0.5, 0.6) is 5.75 Å². The lowest BCUT2D eigenvalue weighted by atomic mass is 10.00. The van der Waals surface area contributed by atoms with E-state index in [1.807, 2.05) is 31.2 Å². The average Bonchev–Trinajstić information content (AvgIpc) is 3.15. The fourth-order valence-corrected chi connectivity index (χ4v) is 5.22. The molecule has 0 spiro atoms. The number of nitrogens with two attached hydrogens (primary N) is 1. The van der Waals surface area contributed by atoms with Crippen LogP contribution in [0.3, 0.4) is 0 Å². The highest BCUT2D eigenvalue weighted by Crippen LogP contribution is 2.62. The predicted octanol–water partition coefficient (Wildman–Crippen LogP) is 1.19. The first-order chi connectivity index (χ1) is 9.90. The quantitative estimate of drug-likeness (QED) is 0.818. The Bertz CT molecular complexity index is 584. The molecule has 2 N–H and O–H groups in total. The largest absolute Gasteiger partial charge is 0.497 e. The van der Waals surface area contributed by atoms with Crippen LogP contribution in [0.2, 0.25) is 0 Å². The molecule has 1 saturated carbocycles. The lowest BCUT2D eigenvalue weighted by molar-refractivity contribution is 0.101. The molecule has 118 valence electrons. The van der Waals surface area contributed by atoms with Gasteiger partial charge in [-0.3, -0.25) is 0 Å². The molecule has 5 nitrogen and oxygen atoms in total. The predicted molar refractivity (Wildman–Crippen MR) is 82.3 cm³/mol. The molecular formula is C15H23NO4S. The molecule has 0 aromatic heterocycles. The van der Waals surface area contributed by atoms with Crippen LogP contribution in [0.25, 0.3) is 0 Å². The van der Waals surface area contributed by atoms with Crippen LogP contribution in [0.1, 0.15) is 18.4 Å². The van der Waals surface area contributed by atoms with Gasteiger partial charge in [-0.15, -0.1) is 0 Å². The van der Waals surface area contributed by atoms with E-state index in [1.54, 1.807) is 7.11 Å². The Labute approximate surface area is 126 Å². The van der Waals surface area contributed by atoms with Crippen molar-refractivity contribution < 1.29 is 17.9 Å². The van der Waals surface area contributed by atoms with Gasteiger partial charge in [0.25, 0.3) is 0 Å². The summed E-state index contributed by atoms with van der Waals surface area (Å²) in [4.78, 5) is 0. The van der Waals surface area contributed by atoms with Gasteiger partial charge in [-0.1, -0.05) is 12.1 Å². The van der Waals surface area contributed by atoms with E-state index in [4.69, 9.17) is 15.2 Å². The maximum absolute atomic E-state index is 12.1. The topological polar surface area (TPSA) is 78.6 Å². The fourth-order valence-electron chi connectivity index (χ4n) is 3.21. The van der Waals surface area contributed by atoms with Crippen LogP contribution < -0.4 is 10.5 Å². The van der Waals surface area contributed by atoms with Gasteiger partial charge in [0.15, 0.2) is 9.84 Å². The van der Waals surface area contributed by atoms with E-state index < -0.39 is 20.5 Å². The molecule has 0 bridgehead atoms. The standard InChI is InChI=1S/C15H23NO4S/c1-4-20-10-15(9-16)13(14(15)21(3,17)18)11-5-7-12(19-2)8-6-11/h5-8,13-14H,4,9-10,16H2,1-3H3. The first kappa shape index (κ1) is 16.3. The molecule has 0 radical (unpaired) electrons. The van der Waals surface area contributed by atoms with Crippen LogP contribution in [0, 0.1) is 5.41 Å². The summed E-state index contributed by atoms with van der Waals surface area (Å²) in [7, 11) is -1.58. The third-order valence-corrected chi connectivity index (χ3v) is 5.93. The molecule has 0 saturated heterocycles. The summed E-state index contributed by atoms with van der Waals surface area (Å²) in [5, 5.41) is -0.477. The number of hydrogen-bond donors (Lipinski definition) is 1. The van der Waals surface area contributed by atoms with E-state index in [1.165, 1.54) is 6.26 Å². The first-order valence-electron chi connectivity index (χ1n) is 7.01. The Hall–Kier alpha value is -1.11. The second-order valence-electron chi connectivity index (χ2n) is 5.58. The van der Waals surface area contributed by atoms with Crippen LogP contribution in [0.15, 0.2) is 24.3 Å². The summed E-state index contributed by atoms with van der Waals surface area (Å²) < 4.78 is 34.8. The van der Waals surface area contributed by atoms with E-state index in [9.17, 15) is 8.42 Å². The SMILES string of the molecule is CCOCC1(CN)C(c2ccc(OC)cc2)C1S(C)(=O)=O. The minimum Gasteiger partial charge on any atom is -0.497 e. The Kier molecular flexibility index (Phi) is 4.60. The van der Waals surface area contributed by atoms with Gasteiger partial charge in [0, 0.05) is 30.7 Å².